The summed E-state index contributed by atoms with van der Waals surface area (Å²) in [5, 5.41) is 17.5. The van der Waals surface area contributed by atoms with Crippen molar-refractivity contribution in [2.24, 2.45) is 5.92 Å². The van der Waals surface area contributed by atoms with Crippen LogP contribution in [0, 0.1) is 5.92 Å². The third-order valence-corrected chi connectivity index (χ3v) is 4.52. The molecule has 0 radical (unpaired) electrons. The number of hydrogen-bond donors (Lipinski definition) is 3. The maximum atomic E-state index is 11.9. The van der Waals surface area contributed by atoms with E-state index in [1.54, 1.807) is 0 Å². The highest BCUT2D eigenvalue weighted by Crippen LogP contribution is 2.44. The lowest BCUT2D eigenvalue weighted by molar-refractivity contribution is -0.142. The molecule has 22 heavy (non-hydrogen) atoms. The highest BCUT2D eigenvalue weighted by molar-refractivity contribution is 7.52. The second-order valence-corrected chi connectivity index (χ2v) is 6.75. The van der Waals surface area contributed by atoms with Gasteiger partial charge in [0, 0.05) is 6.42 Å². The molecule has 1 rings (SSSR count). The van der Waals surface area contributed by atoms with Crippen LogP contribution < -0.4 is 0 Å². The molecule has 0 saturated heterocycles. The molecule has 3 N–H and O–H groups in total. The number of aliphatic carboxylic acids is 2. The summed E-state index contributed by atoms with van der Waals surface area (Å²) in [6.07, 6.45) is -0.749. The maximum absolute atomic E-state index is 11.9. The molecule has 0 fully saturated rings. The summed E-state index contributed by atoms with van der Waals surface area (Å²) < 4.78 is 16.8. The first kappa shape index (κ1) is 18.4. The molecule has 0 bridgehead atoms. The van der Waals surface area contributed by atoms with Gasteiger partial charge in [0.15, 0.2) is 0 Å². The Morgan fingerprint density at radius 1 is 1.18 bits per heavy atom. The molecule has 0 aliphatic carbocycles. The molecule has 1 aromatic carbocycles. The second kappa shape index (κ2) is 8.68. The van der Waals surface area contributed by atoms with Gasteiger partial charge in [-0.05, 0) is 18.4 Å². The zero-order chi connectivity index (χ0) is 16.6. The summed E-state index contributed by atoms with van der Waals surface area (Å²) in [6.45, 7) is -0.0109. The van der Waals surface area contributed by atoms with E-state index in [0.717, 1.165) is 5.56 Å². The molecule has 2 unspecified atom stereocenters. The average Bonchev–Trinajstić information content (AvgIpc) is 2.44. The van der Waals surface area contributed by atoms with E-state index in [-0.39, 0.29) is 19.4 Å². The number of carboxylic acid groups (broad SMARTS) is 2. The molecular formula is C14H19O7P. The Bertz CT molecular complexity index is 543. The largest absolute Gasteiger partial charge is 0.481 e. The predicted molar refractivity (Wildman–Crippen MR) is 78.8 cm³/mol. The van der Waals surface area contributed by atoms with Crippen molar-refractivity contribution in [2.75, 3.05) is 12.8 Å². The summed E-state index contributed by atoms with van der Waals surface area (Å²) in [7, 11) is -4.07. The summed E-state index contributed by atoms with van der Waals surface area (Å²) in [4.78, 5) is 31.2. The summed E-state index contributed by atoms with van der Waals surface area (Å²) in [5.74, 6) is -3.67. The molecule has 1 aromatic rings. The van der Waals surface area contributed by atoms with Crippen LogP contribution in [0.3, 0.4) is 0 Å². The van der Waals surface area contributed by atoms with Crippen LogP contribution in [0.5, 0.6) is 0 Å². The van der Waals surface area contributed by atoms with E-state index in [1.165, 1.54) is 0 Å². The van der Waals surface area contributed by atoms with E-state index in [2.05, 4.69) is 0 Å². The van der Waals surface area contributed by atoms with Crippen molar-refractivity contribution in [1.29, 1.82) is 0 Å². The van der Waals surface area contributed by atoms with Crippen molar-refractivity contribution in [3.8, 4) is 0 Å². The summed E-state index contributed by atoms with van der Waals surface area (Å²) >= 11 is 0. The Labute approximate surface area is 128 Å². The monoisotopic (exact) mass is 330 g/mol. The van der Waals surface area contributed by atoms with Gasteiger partial charge in [-0.25, -0.2) is 0 Å². The molecule has 7 nitrogen and oxygen atoms in total. The molecule has 8 heteroatoms. The quantitative estimate of drug-likeness (QED) is 0.561. The Kier molecular flexibility index (Phi) is 7.24. The average molecular weight is 330 g/mol. The lowest BCUT2D eigenvalue weighted by Gasteiger charge is -2.16. The van der Waals surface area contributed by atoms with Crippen LogP contribution in [0.15, 0.2) is 30.3 Å². The molecular weight excluding hydrogens is 311 g/mol. The summed E-state index contributed by atoms with van der Waals surface area (Å²) in [6, 6.07) is 9.21. The first-order valence-electron chi connectivity index (χ1n) is 6.75. The number of benzene rings is 1. The Hall–Kier alpha value is -1.69. The maximum Gasteiger partial charge on any atom is 0.328 e. The van der Waals surface area contributed by atoms with Gasteiger partial charge in [-0.15, -0.1) is 0 Å². The fourth-order valence-corrected chi connectivity index (χ4v) is 3.25. The highest BCUT2D eigenvalue weighted by Gasteiger charge is 2.30. The SMILES string of the molecule is O=C(O)CCC(CP(=O)(O)OCCc1ccccc1)C(=O)O. The summed E-state index contributed by atoms with van der Waals surface area (Å²) in [5.41, 5.74) is 0.933. The minimum Gasteiger partial charge on any atom is -0.481 e. The standard InChI is InChI=1S/C14H19O7P/c15-13(16)7-6-12(14(17)18)10-22(19,20)21-9-8-11-4-2-1-3-5-11/h1-5,12H,6-10H2,(H,15,16)(H,17,18)(H,19,20). The van der Waals surface area contributed by atoms with Crippen LogP contribution >= 0.6 is 7.60 Å². The van der Waals surface area contributed by atoms with Gasteiger partial charge in [0.25, 0.3) is 0 Å². The first-order valence-corrected chi connectivity index (χ1v) is 8.51. The van der Waals surface area contributed by atoms with Crippen LogP contribution in [-0.2, 0) is 25.1 Å². The third kappa shape index (κ3) is 7.36. The zero-order valence-electron chi connectivity index (χ0n) is 11.9. The predicted octanol–water partition coefficient (Wildman–Crippen LogP) is 2.00. The Morgan fingerprint density at radius 3 is 2.36 bits per heavy atom. The van der Waals surface area contributed by atoms with E-state index in [1.807, 2.05) is 30.3 Å². The second-order valence-electron chi connectivity index (χ2n) is 4.86. The van der Waals surface area contributed by atoms with Crippen molar-refractivity contribution in [3.63, 3.8) is 0 Å². The molecule has 0 amide bonds. The fraction of sp³-hybridized carbons (Fsp3) is 0.429. The lowest BCUT2D eigenvalue weighted by atomic mass is 10.1. The minimum atomic E-state index is -4.07. The number of hydrogen-bond acceptors (Lipinski definition) is 4. The normalized spacial score (nSPS) is 15.0. The van der Waals surface area contributed by atoms with E-state index in [9.17, 15) is 19.0 Å². The number of rotatable bonds is 10. The van der Waals surface area contributed by atoms with Crippen LogP contribution in [0.4, 0.5) is 0 Å². The van der Waals surface area contributed by atoms with E-state index in [0.29, 0.717) is 6.42 Å². The Morgan fingerprint density at radius 2 is 1.82 bits per heavy atom. The van der Waals surface area contributed by atoms with Crippen molar-refractivity contribution in [2.45, 2.75) is 19.3 Å². The van der Waals surface area contributed by atoms with Gasteiger partial charge in [0.2, 0.25) is 0 Å². The van der Waals surface area contributed by atoms with Gasteiger partial charge < -0.3 is 19.6 Å². The molecule has 0 saturated carbocycles. The van der Waals surface area contributed by atoms with E-state index >= 15 is 0 Å². The molecule has 0 aromatic heterocycles. The number of carbonyl (C=O) groups is 2. The van der Waals surface area contributed by atoms with E-state index < -0.39 is 31.6 Å². The molecule has 0 aliphatic rings. The van der Waals surface area contributed by atoms with Crippen molar-refractivity contribution in [3.05, 3.63) is 35.9 Å². The topological polar surface area (TPSA) is 121 Å². The molecule has 0 heterocycles. The zero-order valence-corrected chi connectivity index (χ0v) is 12.8. The minimum absolute atomic E-state index is 0.0109. The van der Waals surface area contributed by atoms with E-state index in [4.69, 9.17) is 14.7 Å². The smallest absolute Gasteiger partial charge is 0.328 e. The Balaban J connectivity index is 2.47. The van der Waals surface area contributed by atoms with Gasteiger partial charge in [0.1, 0.15) is 0 Å². The molecule has 0 spiro atoms. The highest BCUT2D eigenvalue weighted by atomic mass is 31.2. The van der Waals surface area contributed by atoms with Crippen LogP contribution in [0.2, 0.25) is 0 Å². The molecule has 2 atom stereocenters. The molecule has 122 valence electrons. The van der Waals surface area contributed by atoms with Crippen LogP contribution in [0.1, 0.15) is 18.4 Å². The van der Waals surface area contributed by atoms with Gasteiger partial charge in [-0.2, -0.15) is 0 Å². The van der Waals surface area contributed by atoms with Gasteiger partial charge >= 0.3 is 19.5 Å². The van der Waals surface area contributed by atoms with Crippen molar-refractivity contribution < 1.29 is 33.8 Å². The van der Waals surface area contributed by atoms with Crippen LogP contribution in [-0.4, -0.2) is 39.8 Å². The van der Waals surface area contributed by atoms with Gasteiger partial charge in [0.05, 0.1) is 18.7 Å². The van der Waals surface area contributed by atoms with Crippen molar-refractivity contribution in [1.82, 2.24) is 0 Å². The van der Waals surface area contributed by atoms with Gasteiger partial charge in [-0.3, -0.25) is 14.2 Å². The number of carboxylic acids is 2. The van der Waals surface area contributed by atoms with Crippen molar-refractivity contribution >= 4 is 19.5 Å². The van der Waals surface area contributed by atoms with Crippen LogP contribution in [0.25, 0.3) is 0 Å². The lowest BCUT2D eigenvalue weighted by Crippen LogP contribution is -2.20. The van der Waals surface area contributed by atoms with Gasteiger partial charge in [-0.1, -0.05) is 30.3 Å². The first-order chi connectivity index (χ1) is 10.3. The third-order valence-electron chi connectivity index (χ3n) is 3.03. The molecule has 0 aliphatic heterocycles. The fourth-order valence-electron chi connectivity index (χ4n) is 1.87.